The van der Waals surface area contributed by atoms with Crippen LogP contribution in [0.15, 0.2) is 17.0 Å². The first-order valence-corrected chi connectivity index (χ1v) is 8.19. The number of carbonyl (C=O) groups excluding carboxylic acids is 1. The highest BCUT2D eigenvalue weighted by atomic mass is 32.2. The summed E-state index contributed by atoms with van der Waals surface area (Å²) in [6, 6.07) is 4.32. The SMILES string of the molecule is COc1cc(CNCC(=O)NC2CC2)c(SC)cc1OC. The second-order valence-electron chi connectivity index (χ2n) is 4.96. The standard InChI is InChI=1S/C15H22N2O3S/c1-19-12-6-10(14(21-3)7-13(12)20-2)8-16-9-15(18)17-11-4-5-11/h6-7,11,16H,4-5,8-9H2,1-3H3,(H,17,18). The molecule has 0 heterocycles. The molecule has 0 radical (unpaired) electrons. The van der Waals surface area contributed by atoms with Gasteiger partial charge in [0.05, 0.1) is 20.8 Å². The number of rotatable bonds is 8. The Kier molecular flexibility index (Phi) is 5.76. The summed E-state index contributed by atoms with van der Waals surface area (Å²) in [5.41, 5.74) is 1.10. The minimum atomic E-state index is 0.0590. The second kappa shape index (κ2) is 7.56. The van der Waals surface area contributed by atoms with Crippen molar-refractivity contribution >= 4 is 17.7 Å². The maximum Gasteiger partial charge on any atom is 0.234 e. The van der Waals surface area contributed by atoms with Gasteiger partial charge in [0.25, 0.3) is 0 Å². The van der Waals surface area contributed by atoms with E-state index >= 15 is 0 Å². The molecule has 1 amide bonds. The zero-order valence-corrected chi connectivity index (χ0v) is 13.5. The van der Waals surface area contributed by atoms with E-state index in [1.807, 2.05) is 18.4 Å². The summed E-state index contributed by atoms with van der Waals surface area (Å²) in [7, 11) is 3.25. The number of benzene rings is 1. The summed E-state index contributed by atoms with van der Waals surface area (Å²) < 4.78 is 10.6. The molecule has 1 aromatic rings. The Labute approximate surface area is 129 Å². The highest BCUT2D eigenvalue weighted by Crippen LogP contribution is 2.34. The fraction of sp³-hybridized carbons (Fsp3) is 0.533. The number of hydrogen-bond acceptors (Lipinski definition) is 5. The lowest BCUT2D eigenvalue weighted by Gasteiger charge is -2.14. The van der Waals surface area contributed by atoms with Crippen molar-refractivity contribution in [3.05, 3.63) is 17.7 Å². The summed E-state index contributed by atoms with van der Waals surface area (Å²) in [5, 5.41) is 6.13. The van der Waals surface area contributed by atoms with Gasteiger partial charge in [0, 0.05) is 17.5 Å². The smallest absolute Gasteiger partial charge is 0.234 e. The maximum atomic E-state index is 11.6. The van der Waals surface area contributed by atoms with E-state index in [-0.39, 0.29) is 5.91 Å². The Balaban J connectivity index is 1.95. The number of ether oxygens (including phenoxy) is 2. The van der Waals surface area contributed by atoms with E-state index in [4.69, 9.17) is 9.47 Å². The zero-order chi connectivity index (χ0) is 15.2. The normalized spacial score (nSPS) is 13.9. The lowest BCUT2D eigenvalue weighted by atomic mass is 10.2. The summed E-state index contributed by atoms with van der Waals surface area (Å²) in [5.74, 6) is 1.48. The Hall–Kier alpha value is -1.40. The number of methoxy groups -OCH3 is 2. The highest BCUT2D eigenvalue weighted by molar-refractivity contribution is 7.98. The van der Waals surface area contributed by atoms with Gasteiger partial charge in [0.1, 0.15) is 0 Å². The molecule has 2 rings (SSSR count). The Morgan fingerprint density at radius 1 is 1.29 bits per heavy atom. The van der Waals surface area contributed by atoms with Crippen LogP contribution in [0.5, 0.6) is 11.5 Å². The summed E-state index contributed by atoms with van der Waals surface area (Å²) >= 11 is 1.65. The van der Waals surface area contributed by atoms with Crippen LogP contribution in [-0.2, 0) is 11.3 Å². The van der Waals surface area contributed by atoms with Crippen molar-refractivity contribution in [2.45, 2.75) is 30.3 Å². The molecule has 1 aliphatic rings. The molecule has 1 fully saturated rings. The number of amides is 1. The van der Waals surface area contributed by atoms with Crippen LogP contribution in [0.4, 0.5) is 0 Å². The van der Waals surface area contributed by atoms with Gasteiger partial charge in [0.2, 0.25) is 5.91 Å². The molecule has 0 unspecified atom stereocenters. The van der Waals surface area contributed by atoms with Crippen LogP contribution in [0.3, 0.4) is 0 Å². The molecule has 0 atom stereocenters. The fourth-order valence-corrected chi connectivity index (χ4v) is 2.67. The largest absolute Gasteiger partial charge is 0.493 e. The highest BCUT2D eigenvalue weighted by Gasteiger charge is 2.22. The molecule has 21 heavy (non-hydrogen) atoms. The minimum absolute atomic E-state index is 0.0590. The monoisotopic (exact) mass is 310 g/mol. The van der Waals surface area contributed by atoms with E-state index in [0.29, 0.717) is 24.9 Å². The average molecular weight is 310 g/mol. The van der Waals surface area contributed by atoms with E-state index in [0.717, 1.165) is 29.1 Å². The zero-order valence-electron chi connectivity index (χ0n) is 12.7. The number of thioether (sulfide) groups is 1. The van der Waals surface area contributed by atoms with E-state index in [2.05, 4.69) is 10.6 Å². The van der Waals surface area contributed by atoms with Gasteiger partial charge in [0.15, 0.2) is 11.5 Å². The molecule has 1 aromatic carbocycles. The summed E-state index contributed by atoms with van der Waals surface area (Å²) in [6.45, 7) is 0.952. The Morgan fingerprint density at radius 2 is 1.95 bits per heavy atom. The van der Waals surface area contributed by atoms with Crippen LogP contribution in [0.25, 0.3) is 0 Å². The molecule has 0 aliphatic heterocycles. The van der Waals surface area contributed by atoms with Crippen molar-refractivity contribution < 1.29 is 14.3 Å². The lowest BCUT2D eigenvalue weighted by molar-refractivity contribution is -0.120. The second-order valence-corrected chi connectivity index (χ2v) is 5.81. The van der Waals surface area contributed by atoms with Crippen LogP contribution in [0.2, 0.25) is 0 Å². The first-order valence-electron chi connectivity index (χ1n) is 6.97. The van der Waals surface area contributed by atoms with Gasteiger partial charge in [-0.3, -0.25) is 4.79 Å². The van der Waals surface area contributed by atoms with Crippen molar-refractivity contribution in [1.29, 1.82) is 0 Å². The van der Waals surface area contributed by atoms with E-state index in [1.54, 1.807) is 26.0 Å². The molecule has 2 N–H and O–H groups in total. The third-order valence-electron chi connectivity index (χ3n) is 3.33. The summed E-state index contributed by atoms with van der Waals surface area (Å²) in [4.78, 5) is 12.8. The molecule has 1 saturated carbocycles. The van der Waals surface area contributed by atoms with Gasteiger partial charge in [-0.25, -0.2) is 0 Å². The van der Waals surface area contributed by atoms with E-state index < -0.39 is 0 Å². The molecule has 0 saturated heterocycles. The van der Waals surface area contributed by atoms with E-state index in [9.17, 15) is 4.79 Å². The van der Waals surface area contributed by atoms with Crippen LogP contribution in [0, 0.1) is 0 Å². The lowest BCUT2D eigenvalue weighted by Crippen LogP contribution is -2.34. The van der Waals surface area contributed by atoms with Crippen LogP contribution in [-0.4, -0.2) is 39.0 Å². The Morgan fingerprint density at radius 3 is 2.52 bits per heavy atom. The molecule has 0 aromatic heterocycles. The Bertz CT molecular complexity index is 504. The molecule has 0 bridgehead atoms. The first kappa shape index (κ1) is 16.0. The first-order chi connectivity index (χ1) is 10.2. The van der Waals surface area contributed by atoms with Crippen LogP contribution >= 0.6 is 11.8 Å². The van der Waals surface area contributed by atoms with Gasteiger partial charge in [-0.05, 0) is 36.8 Å². The molecule has 5 nitrogen and oxygen atoms in total. The van der Waals surface area contributed by atoms with Gasteiger partial charge < -0.3 is 20.1 Å². The van der Waals surface area contributed by atoms with Gasteiger partial charge >= 0.3 is 0 Å². The fourth-order valence-electron chi connectivity index (χ4n) is 2.05. The van der Waals surface area contributed by atoms with Gasteiger partial charge in [-0.2, -0.15) is 0 Å². The van der Waals surface area contributed by atoms with Gasteiger partial charge in [-0.15, -0.1) is 11.8 Å². The molecule has 116 valence electrons. The van der Waals surface area contributed by atoms with Crippen molar-refractivity contribution in [3.8, 4) is 11.5 Å². The molecule has 1 aliphatic carbocycles. The number of nitrogens with one attached hydrogen (secondary N) is 2. The van der Waals surface area contributed by atoms with E-state index in [1.165, 1.54) is 0 Å². The number of carbonyl (C=O) groups is 1. The van der Waals surface area contributed by atoms with Crippen molar-refractivity contribution in [2.75, 3.05) is 27.0 Å². The third kappa shape index (κ3) is 4.54. The van der Waals surface area contributed by atoms with Crippen LogP contribution < -0.4 is 20.1 Å². The van der Waals surface area contributed by atoms with Crippen molar-refractivity contribution in [2.24, 2.45) is 0 Å². The molecular weight excluding hydrogens is 288 g/mol. The predicted octanol–water partition coefficient (Wildman–Crippen LogP) is 1.79. The summed E-state index contributed by atoms with van der Waals surface area (Å²) in [6.07, 6.45) is 4.24. The van der Waals surface area contributed by atoms with Crippen molar-refractivity contribution in [1.82, 2.24) is 10.6 Å². The predicted molar refractivity (Wildman–Crippen MR) is 84.2 cm³/mol. The average Bonchev–Trinajstić information content (AvgIpc) is 3.30. The van der Waals surface area contributed by atoms with Crippen molar-refractivity contribution in [3.63, 3.8) is 0 Å². The molecule has 0 spiro atoms. The quantitative estimate of drug-likeness (QED) is 0.717. The minimum Gasteiger partial charge on any atom is -0.493 e. The number of hydrogen-bond donors (Lipinski definition) is 2. The topological polar surface area (TPSA) is 59.6 Å². The van der Waals surface area contributed by atoms with Gasteiger partial charge in [-0.1, -0.05) is 0 Å². The third-order valence-corrected chi connectivity index (χ3v) is 4.15. The molecular formula is C15H22N2O3S. The molecule has 6 heteroatoms. The van der Waals surface area contributed by atoms with Crippen LogP contribution in [0.1, 0.15) is 18.4 Å². The maximum absolute atomic E-state index is 11.6.